The van der Waals surface area contributed by atoms with Gasteiger partial charge in [-0.05, 0) is 18.1 Å². The lowest BCUT2D eigenvalue weighted by Crippen LogP contribution is -2.42. The molecule has 1 aromatic carbocycles. The number of aromatic nitrogens is 3. The van der Waals surface area contributed by atoms with Crippen molar-refractivity contribution in [1.29, 1.82) is 0 Å². The van der Waals surface area contributed by atoms with Gasteiger partial charge in [0.2, 0.25) is 11.7 Å². The van der Waals surface area contributed by atoms with E-state index in [0.29, 0.717) is 12.1 Å². The Bertz CT molecular complexity index is 1050. The average molecular weight is 523 g/mol. The maximum Gasteiger partial charge on any atom is 0.466 e. The molecule has 0 unspecified atom stereocenters. The number of nitrogens with two attached hydrogens (primary N) is 1. The molecule has 1 atom stereocenters. The van der Waals surface area contributed by atoms with E-state index in [9.17, 15) is 31.1 Å². The summed E-state index contributed by atoms with van der Waals surface area (Å²) < 4.78 is 88.1. The number of carbonyl (C=O) groups is 1. The summed E-state index contributed by atoms with van der Waals surface area (Å²) in [4.78, 5) is 35.2. The van der Waals surface area contributed by atoms with Crippen molar-refractivity contribution in [3.8, 4) is 0 Å². The zero-order chi connectivity index (χ0) is 25.1. The second kappa shape index (κ2) is 11.2. The van der Waals surface area contributed by atoms with Gasteiger partial charge in [0.25, 0.3) is 0 Å². The lowest BCUT2D eigenvalue weighted by atomic mass is 10.0. The van der Waals surface area contributed by atoms with Crippen LogP contribution < -0.4 is 5.73 Å². The number of rotatable bonds is 4. The molecule has 1 aliphatic heterocycles. The quantitative estimate of drug-likeness (QED) is 0.250. The Morgan fingerprint density at radius 1 is 1.09 bits per heavy atom. The molecule has 0 spiro atoms. The molecule has 0 fully saturated rings. The third-order valence-corrected chi connectivity index (χ3v) is 4.37. The maximum atomic E-state index is 13.7. The molecule has 0 saturated heterocycles. The highest BCUT2D eigenvalue weighted by atomic mass is 31.2. The lowest BCUT2D eigenvalue weighted by Gasteiger charge is -2.29. The number of carbonyl (C=O) groups excluding carboxylic acids is 1. The topological polar surface area (TPSA) is 186 Å². The molecule has 1 aliphatic rings. The molecule has 1 amide bonds. The predicted octanol–water partition coefficient (Wildman–Crippen LogP) is 0.263. The van der Waals surface area contributed by atoms with Gasteiger partial charge in [-0.25, -0.2) is 17.7 Å². The second-order valence-electron chi connectivity index (χ2n) is 6.94. The first-order chi connectivity index (χ1) is 15.1. The van der Waals surface area contributed by atoms with Gasteiger partial charge in [0.1, 0.15) is 5.82 Å². The van der Waals surface area contributed by atoms with Gasteiger partial charge in [0.15, 0.2) is 17.5 Å². The number of benzene rings is 1. The number of halogens is 6. The minimum Gasteiger partial charge on any atom is -0.412 e. The van der Waals surface area contributed by atoms with E-state index in [4.69, 9.17) is 25.0 Å². The van der Waals surface area contributed by atoms with Crippen molar-refractivity contribution in [2.24, 2.45) is 5.73 Å². The van der Waals surface area contributed by atoms with E-state index in [0.717, 1.165) is 4.57 Å². The van der Waals surface area contributed by atoms with Crippen molar-refractivity contribution < 1.29 is 55.9 Å². The lowest BCUT2D eigenvalue weighted by molar-refractivity contribution is -0.148. The van der Waals surface area contributed by atoms with E-state index in [1.54, 1.807) is 0 Å². The van der Waals surface area contributed by atoms with Gasteiger partial charge < -0.3 is 35.4 Å². The van der Waals surface area contributed by atoms with Crippen molar-refractivity contribution in [2.45, 2.75) is 38.1 Å². The number of nitrogens with zero attached hydrogens (tertiary/aromatic N) is 4. The van der Waals surface area contributed by atoms with Crippen molar-refractivity contribution in [3.63, 3.8) is 0 Å². The molecule has 34 heavy (non-hydrogen) atoms. The van der Waals surface area contributed by atoms with E-state index < -0.39 is 49.2 Å². The molecule has 0 saturated carbocycles. The van der Waals surface area contributed by atoms with E-state index in [2.05, 4.69) is 10.2 Å². The summed E-state index contributed by atoms with van der Waals surface area (Å²) in [7, 11) is -4.64. The maximum absolute atomic E-state index is 13.7. The van der Waals surface area contributed by atoms with Gasteiger partial charge in [-0.2, -0.15) is 13.2 Å². The smallest absolute Gasteiger partial charge is 0.412 e. The molecule has 0 bridgehead atoms. The molecular formula is C16H20F6N5O6P. The Kier molecular flexibility index (Phi) is 9.75. The Balaban J connectivity index is 0.000000873. The van der Waals surface area contributed by atoms with Crippen LogP contribution in [0.2, 0.25) is 0 Å². The first-order valence-corrected chi connectivity index (χ1v) is 10.6. The second-order valence-corrected chi connectivity index (χ2v) is 7.97. The highest BCUT2D eigenvalue weighted by Crippen LogP contribution is 2.29. The SMILES string of the molecule is N[C@@H](CC(=O)N1CCn2c(nnc2C(F)(F)F)C1)Cc1cc(F)c(F)cc1F.O.O=P(O)(O)O. The predicted molar refractivity (Wildman–Crippen MR) is 101 cm³/mol. The summed E-state index contributed by atoms with van der Waals surface area (Å²) in [6.45, 7) is -0.302. The Morgan fingerprint density at radius 2 is 1.65 bits per heavy atom. The third kappa shape index (κ3) is 8.34. The van der Waals surface area contributed by atoms with E-state index in [1.165, 1.54) is 4.90 Å². The molecule has 2 heterocycles. The van der Waals surface area contributed by atoms with Crippen LogP contribution in [0.15, 0.2) is 12.1 Å². The fraction of sp³-hybridized carbons (Fsp3) is 0.438. The average Bonchev–Trinajstić information content (AvgIpc) is 3.08. The fourth-order valence-electron chi connectivity index (χ4n) is 3.01. The molecule has 0 aliphatic carbocycles. The van der Waals surface area contributed by atoms with Gasteiger partial charge in [0.05, 0.1) is 6.54 Å². The Labute approximate surface area is 187 Å². The van der Waals surface area contributed by atoms with Crippen LogP contribution in [-0.4, -0.2) is 58.3 Å². The number of hydrogen-bond acceptors (Lipinski definition) is 5. The third-order valence-electron chi connectivity index (χ3n) is 4.37. The largest absolute Gasteiger partial charge is 0.466 e. The van der Waals surface area contributed by atoms with Gasteiger partial charge >= 0.3 is 14.0 Å². The molecule has 2 aromatic rings. The standard InChI is InChI=1S/C16H15F6N5O.H3O4P.H2O/c17-10-6-12(19)11(18)4-8(10)3-9(23)5-14(28)26-1-2-27-13(7-26)24-25-15(27)16(20,21)22;1-5(2,3)4;/h4,6,9H,1-3,5,7,23H2;(H3,1,2,3,4);1H2/t9-;;/m1../s1. The van der Waals surface area contributed by atoms with Crippen LogP contribution in [-0.2, 0) is 35.0 Å². The first kappa shape index (κ1) is 29.5. The highest BCUT2D eigenvalue weighted by molar-refractivity contribution is 7.45. The summed E-state index contributed by atoms with van der Waals surface area (Å²) in [5.41, 5.74) is 5.64. The molecule has 11 nitrogen and oxygen atoms in total. The zero-order valence-corrected chi connectivity index (χ0v) is 17.9. The van der Waals surface area contributed by atoms with E-state index in [1.807, 2.05) is 0 Å². The van der Waals surface area contributed by atoms with Crippen LogP contribution in [0.3, 0.4) is 0 Å². The highest BCUT2D eigenvalue weighted by Gasteiger charge is 2.40. The number of hydrogen-bond donors (Lipinski definition) is 4. The van der Waals surface area contributed by atoms with Crippen molar-refractivity contribution in [3.05, 3.63) is 46.8 Å². The van der Waals surface area contributed by atoms with Crippen LogP contribution >= 0.6 is 7.82 Å². The number of amides is 1. The van der Waals surface area contributed by atoms with Crippen molar-refractivity contribution >= 4 is 13.7 Å². The van der Waals surface area contributed by atoms with Crippen molar-refractivity contribution in [2.75, 3.05) is 6.54 Å². The summed E-state index contributed by atoms with van der Waals surface area (Å²) in [5, 5.41) is 6.60. The van der Waals surface area contributed by atoms with Crippen LogP contribution in [0.1, 0.15) is 23.6 Å². The van der Waals surface area contributed by atoms with Crippen LogP contribution in [0.5, 0.6) is 0 Å². The van der Waals surface area contributed by atoms with E-state index in [-0.39, 0.29) is 49.3 Å². The Morgan fingerprint density at radius 3 is 2.21 bits per heavy atom. The number of phosphoric acid groups is 1. The Hall–Kier alpha value is -2.56. The minimum absolute atomic E-state index is 0. The molecular weight excluding hydrogens is 503 g/mol. The van der Waals surface area contributed by atoms with Crippen LogP contribution in [0.4, 0.5) is 26.3 Å². The molecule has 0 radical (unpaired) electrons. The molecule has 192 valence electrons. The first-order valence-electron chi connectivity index (χ1n) is 9.00. The number of alkyl halides is 3. The monoisotopic (exact) mass is 523 g/mol. The molecule has 18 heteroatoms. The summed E-state index contributed by atoms with van der Waals surface area (Å²) in [6.07, 6.45) is -5.11. The molecule has 3 rings (SSSR count). The number of fused-ring (bicyclic) bond motifs is 1. The molecule has 1 aromatic heterocycles. The summed E-state index contributed by atoms with van der Waals surface area (Å²) >= 11 is 0. The summed E-state index contributed by atoms with van der Waals surface area (Å²) in [6, 6.07) is 0.184. The van der Waals surface area contributed by atoms with Crippen molar-refractivity contribution in [1.82, 2.24) is 19.7 Å². The summed E-state index contributed by atoms with van der Waals surface area (Å²) in [5.74, 6) is -5.15. The van der Waals surface area contributed by atoms with Crippen LogP contribution in [0.25, 0.3) is 0 Å². The van der Waals surface area contributed by atoms with Gasteiger partial charge in [-0.3, -0.25) is 4.79 Å². The van der Waals surface area contributed by atoms with Gasteiger partial charge in [-0.15, -0.1) is 10.2 Å². The molecule has 7 N–H and O–H groups in total. The fourth-order valence-corrected chi connectivity index (χ4v) is 3.01. The zero-order valence-electron chi connectivity index (χ0n) is 17.0. The van der Waals surface area contributed by atoms with Gasteiger partial charge in [0, 0.05) is 31.6 Å². The normalized spacial score (nSPS) is 14.5. The minimum atomic E-state index is -4.64. The van der Waals surface area contributed by atoms with Crippen LogP contribution in [0, 0.1) is 17.5 Å². The van der Waals surface area contributed by atoms with Gasteiger partial charge in [-0.1, -0.05) is 0 Å². The van der Waals surface area contributed by atoms with E-state index >= 15 is 0 Å².